The number of fused-ring (bicyclic) bond motifs is 11. The second-order valence-corrected chi connectivity index (χ2v) is 14.0. The predicted octanol–water partition coefficient (Wildman–Crippen LogP) is 7.42. The Morgan fingerprint density at radius 2 is 1.72 bits per heavy atom. The predicted molar refractivity (Wildman–Crippen MR) is 174 cm³/mol. The first-order valence-corrected chi connectivity index (χ1v) is 16.3. The summed E-state index contributed by atoms with van der Waals surface area (Å²) in [6.07, 6.45) is 4.84. The first kappa shape index (κ1) is 34.9. The second-order valence-electron chi connectivity index (χ2n) is 14.0. The number of esters is 4. The molecule has 2 heterocycles. The fourth-order valence-corrected chi connectivity index (χ4v) is 6.54. The van der Waals surface area contributed by atoms with Gasteiger partial charge in [0.15, 0.2) is 0 Å². The van der Waals surface area contributed by atoms with Crippen LogP contribution in [0.2, 0.25) is 0 Å². The lowest BCUT2D eigenvalue weighted by Gasteiger charge is -2.37. The maximum atomic E-state index is 13.2. The van der Waals surface area contributed by atoms with Crippen molar-refractivity contribution in [2.75, 3.05) is 6.61 Å². The molecule has 1 saturated carbocycles. The number of rotatable bonds is 5. The van der Waals surface area contributed by atoms with Gasteiger partial charge in [0.2, 0.25) is 0 Å². The van der Waals surface area contributed by atoms with Gasteiger partial charge in [-0.05, 0) is 101 Å². The molecular weight excluding hydrogens is 584 g/mol. The smallest absolute Gasteiger partial charge is 0.338 e. The molecule has 1 aliphatic carbocycles. The summed E-state index contributed by atoms with van der Waals surface area (Å²) in [4.78, 5) is 51.1. The molecule has 248 valence electrons. The maximum absolute atomic E-state index is 13.2. The van der Waals surface area contributed by atoms with E-state index in [4.69, 9.17) is 18.9 Å². The summed E-state index contributed by atoms with van der Waals surface area (Å²) in [6.45, 7) is 11.1. The van der Waals surface area contributed by atoms with E-state index in [1.807, 2.05) is 52.0 Å². The van der Waals surface area contributed by atoms with Crippen LogP contribution in [-0.4, -0.2) is 42.7 Å². The van der Waals surface area contributed by atoms with Gasteiger partial charge in [-0.25, -0.2) is 4.79 Å². The fourth-order valence-electron chi connectivity index (χ4n) is 6.54. The Morgan fingerprint density at radius 3 is 2.41 bits per heavy atom. The third kappa shape index (κ3) is 9.08. The van der Waals surface area contributed by atoms with E-state index in [0.717, 1.165) is 28.7 Å². The van der Waals surface area contributed by atoms with Crippen molar-refractivity contribution in [3.63, 3.8) is 0 Å². The molecule has 0 radical (unpaired) electrons. The summed E-state index contributed by atoms with van der Waals surface area (Å²) >= 11 is 0. The van der Waals surface area contributed by atoms with E-state index in [-0.39, 0.29) is 49.6 Å². The quantitative estimate of drug-likeness (QED) is 0.191. The number of hydrogen-bond acceptors (Lipinski definition) is 8. The van der Waals surface area contributed by atoms with Crippen LogP contribution in [-0.2, 0) is 46.4 Å². The zero-order valence-corrected chi connectivity index (χ0v) is 28.1. The Labute approximate surface area is 272 Å². The number of hydrogen-bond donors (Lipinski definition) is 0. The van der Waals surface area contributed by atoms with Crippen LogP contribution in [0.25, 0.3) is 0 Å². The van der Waals surface area contributed by atoms with Crippen molar-refractivity contribution < 1.29 is 38.1 Å². The summed E-state index contributed by atoms with van der Waals surface area (Å²) in [7, 11) is 0. The van der Waals surface area contributed by atoms with Crippen LogP contribution in [0, 0.1) is 10.8 Å². The molecule has 2 aromatic carbocycles. The number of allylic oxidation sites excluding steroid dienone is 1. The number of ether oxygens (including phenoxy) is 4. The zero-order valence-electron chi connectivity index (χ0n) is 28.1. The molecule has 2 aliphatic heterocycles. The Morgan fingerprint density at radius 1 is 0.978 bits per heavy atom. The molecule has 2 aromatic rings. The van der Waals surface area contributed by atoms with Gasteiger partial charge >= 0.3 is 23.9 Å². The summed E-state index contributed by atoms with van der Waals surface area (Å²) in [5.74, 6) is -1.46. The third-order valence-electron chi connectivity index (χ3n) is 9.26. The second kappa shape index (κ2) is 15.1. The molecule has 2 bridgehead atoms. The normalized spacial score (nSPS) is 25.3. The molecule has 8 nitrogen and oxygen atoms in total. The summed E-state index contributed by atoms with van der Waals surface area (Å²) < 4.78 is 23.3. The van der Waals surface area contributed by atoms with E-state index in [0.29, 0.717) is 37.7 Å². The van der Waals surface area contributed by atoms with Gasteiger partial charge in [-0.15, -0.1) is 0 Å². The molecule has 0 N–H and O–H groups in total. The van der Waals surface area contributed by atoms with E-state index in [1.54, 1.807) is 24.3 Å². The lowest BCUT2D eigenvalue weighted by Crippen LogP contribution is -2.36. The van der Waals surface area contributed by atoms with Crippen molar-refractivity contribution in [2.24, 2.45) is 10.8 Å². The monoisotopic (exact) mass is 632 g/mol. The minimum atomic E-state index is -0.672. The average molecular weight is 633 g/mol. The minimum Gasteiger partial charge on any atom is -0.462 e. The molecule has 0 aromatic heterocycles. The van der Waals surface area contributed by atoms with Crippen molar-refractivity contribution in [1.29, 1.82) is 0 Å². The molecule has 46 heavy (non-hydrogen) atoms. The standard InChI is InChI=1S/C38H48O8/c1-25-12-14-30(45-26(2)39)23-27-13-15-31(29(22-27)24-44-36(42)37(3,4)5)32-16-17-33(46-35(41)28-10-8-7-9-11-28)38(32,6)20-18-34(40)43-21-19-25/h7-11,13,15,19,22,30,32-33H,12,14,16-18,20-21,23-24H2,1-6H3/b25-19-/t30-,32-,33-,38-/m0/s1. The van der Waals surface area contributed by atoms with E-state index in [1.165, 1.54) is 6.92 Å². The molecule has 0 unspecified atom stereocenters. The lowest BCUT2D eigenvalue weighted by molar-refractivity contribution is -0.154. The number of carbonyl (C=O) groups is 4. The number of benzene rings is 2. The Hall–Kier alpha value is -3.94. The van der Waals surface area contributed by atoms with Crippen molar-refractivity contribution in [3.8, 4) is 0 Å². The van der Waals surface area contributed by atoms with Crippen molar-refractivity contribution in [1.82, 2.24) is 0 Å². The lowest BCUT2D eigenvalue weighted by atomic mass is 9.70. The van der Waals surface area contributed by atoms with Crippen molar-refractivity contribution in [2.45, 2.75) is 111 Å². The van der Waals surface area contributed by atoms with E-state index in [2.05, 4.69) is 13.0 Å². The van der Waals surface area contributed by atoms with Crippen LogP contribution in [0.3, 0.4) is 0 Å². The highest BCUT2D eigenvalue weighted by atomic mass is 16.6. The highest BCUT2D eigenvalue weighted by Gasteiger charge is 2.50. The van der Waals surface area contributed by atoms with Crippen molar-refractivity contribution in [3.05, 3.63) is 82.4 Å². The maximum Gasteiger partial charge on any atom is 0.338 e. The highest BCUT2D eigenvalue weighted by molar-refractivity contribution is 5.89. The van der Waals surface area contributed by atoms with Gasteiger partial charge in [0.25, 0.3) is 0 Å². The third-order valence-corrected chi connectivity index (χ3v) is 9.26. The van der Waals surface area contributed by atoms with Crippen LogP contribution in [0.5, 0.6) is 0 Å². The summed E-state index contributed by atoms with van der Waals surface area (Å²) in [5.41, 5.74) is 3.05. The van der Waals surface area contributed by atoms with Gasteiger partial charge < -0.3 is 18.9 Å². The minimum absolute atomic E-state index is 0.0719. The first-order chi connectivity index (χ1) is 21.8. The van der Waals surface area contributed by atoms with E-state index in [9.17, 15) is 19.2 Å². The SMILES string of the molecule is CC(=O)O[C@H]1CC/C(C)=C\COC(=O)CC[C@]2(C)[C@@H](OC(=O)c3ccccc3)CC[C@H]2c2ccc(cc2COC(=O)C(C)(C)C)C1. The molecular formula is C38H48O8. The largest absolute Gasteiger partial charge is 0.462 e. The first-order valence-electron chi connectivity index (χ1n) is 16.3. The van der Waals surface area contributed by atoms with Crippen LogP contribution in [0.4, 0.5) is 0 Å². The van der Waals surface area contributed by atoms with Gasteiger partial charge in [0.05, 0.1) is 11.0 Å². The Kier molecular flexibility index (Phi) is 11.5. The highest BCUT2D eigenvalue weighted by Crippen LogP contribution is 2.54. The molecule has 0 saturated heterocycles. The topological polar surface area (TPSA) is 105 Å². The van der Waals surface area contributed by atoms with Gasteiger partial charge in [-0.3, -0.25) is 14.4 Å². The van der Waals surface area contributed by atoms with Gasteiger partial charge in [-0.2, -0.15) is 0 Å². The van der Waals surface area contributed by atoms with Crippen molar-refractivity contribution >= 4 is 23.9 Å². The molecule has 0 spiro atoms. The Balaban J connectivity index is 1.75. The van der Waals surface area contributed by atoms with E-state index >= 15 is 0 Å². The van der Waals surface area contributed by atoms with Gasteiger partial charge in [0, 0.05) is 25.2 Å². The van der Waals surface area contributed by atoms with Crippen LogP contribution in [0.1, 0.15) is 113 Å². The van der Waals surface area contributed by atoms with Gasteiger partial charge in [-0.1, -0.05) is 48.9 Å². The van der Waals surface area contributed by atoms with Crippen LogP contribution < -0.4 is 0 Å². The average Bonchev–Trinajstić information content (AvgIpc) is 3.32. The molecule has 1 fully saturated rings. The molecule has 3 aliphatic rings. The molecule has 0 amide bonds. The summed E-state index contributed by atoms with van der Waals surface area (Å²) in [6, 6.07) is 15.1. The van der Waals surface area contributed by atoms with E-state index < -0.39 is 22.9 Å². The zero-order chi connectivity index (χ0) is 33.5. The molecule has 8 heteroatoms. The Bertz CT molecular complexity index is 1440. The van der Waals surface area contributed by atoms with Crippen LogP contribution >= 0.6 is 0 Å². The molecule has 4 atom stereocenters. The number of carbonyl (C=O) groups excluding carboxylic acids is 4. The van der Waals surface area contributed by atoms with Crippen LogP contribution in [0.15, 0.2) is 60.2 Å². The fraction of sp³-hybridized carbons (Fsp3) is 0.526. The summed E-state index contributed by atoms with van der Waals surface area (Å²) in [5, 5.41) is 0. The molecule has 5 rings (SSSR count). The van der Waals surface area contributed by atoms with Gasteiger partial charge in [0.1, 0.15) is 25.4 Å².